The molecule has 5 heteroatoms. The standard InChI is InChI=1S/C8H3Cl4N/c1-3-4(2-13)6(10)8(12)7(11)5(3)9/h1H3. The third-order valence-electron chi connectivity index (χ3n) is 1.61. The molecule has 0 saturated carbocycles. The van der Waals surface area contributed by atoms with Crippen molar-refractivity contribution < 1.29 is 0 Å². The van der Waals surface area contributed by atoms with Gasteiger partial charge in [-0.3, -0.25) is 0 Å². The molecule has 1 rings (SSSR count). The molecule has 0 fully saturated rings. The first kappa shape index (κ1) is 10.9. The number of rotatable bonds is 0. The Morgan fingerprint density at radius 1 is 0.923 bits per heavy atom. The van der Waals surface area contributed by atoms with Crippen molar-refractivity contribution in [2.45, 2.75) is 6.92 Å². The quantitative estimate of drug-likeness (QED) is 0.495. The van der Waals surface area contributed by atoms with Crippen molar-refractivity contribution in [3.05, 3.63) is 31.2 Å². The molecule has 0 unspecified atom stereocenters. The van der Waals surface area contributed by atoms with E-state index in [2.05, 4.69) is 0 Å². The molecule has 0 radical (unpaired) electrons. The zero-order chi connectivity index (χ0) is 10.2. The van der Waals surface area contributed by atoms with Crippen LogP contribution in [0.3, 0.4) is 0 Å². The summed E-state index contributed by atoms with van der Waals surface area (Å²) in [6.07, 6.45) is 0. The van der Waals surface area contributed by atoms with Crippen LogP contribution in [0.2, 0.25) is 20.1 Å². The summed E-state index contributed by atoms with van der Waals surface area (Å²) < 4.78 is 0. The summed E-state index contributed by atoms with van der Waals surface area (Å²) in [7, 11) is 0. The normalized spacial score (nSPS) is 9.85. The van der Waals surface area contributed by atoms with Gasteiger partial charge in [0, 0.05) is 0 Å². The molecule has 1 aromatic rings. The summed E-state index contributed by atoms with van der Waals surface area (Å²) in [6, 6.07) is 1.91. The number of nitriles is 1. The average Bonchev–Trinajstić information content (AvgIpc) is 2.13. The Morgan fingerprint density at radius 3 is 1.85 bits per heavy atom. The number of halogens is 4. The SMILES string of the molecule is Cc1c(Cl)c(Cl)c(Cl)c(Cl)c1C#N. The van der Waals surface area contributed by atoms with Gasteiger partial charge >= 0.3 is 0 Å². The molecule has 13 heavy (non-hydrogen) atoms. The fraction of sp³-hybridized carbons (Fsp3) is 0.125. The van der Waals surface area contributed by atoms with Gasteiger partial charge in [-0.15, -0.1) is 0 Å². The predicted octanol–water partition coefficient (Wildman–Crippen LogP) is 4.48. The topological polar surface area (TPSA) is 23.8 Å². The second kappa shape index (κ2) is 3.94. The molecule has 0 N–H and O–H groups in total. The highest BCUT2D eigenvalue weighted by Gasteiger charge is 2.16. The van der Waals surface area contributed by atoms with Crippen molar-refractivity contribution >= 4 is 46.4 Å². The first-order chi connectivity index (χ1) is 6.00. The van der Waals surface area contributed by atoms with Crippen LogP contribution in [0, 0.1) is 18.3 Å². The summed E-state index contributed by atoms with van der Waals surface area (Å²) >= 11 is 23.1. The van der Waals surface area contributed by atoms with E-state index < -0.39 is 0 Å². The smallest absolute Gasteiger partial charge is 0.101 e. The van der Waals surface area contributed by atoms with Gasteiger partial charge in [-0.1, -0.05) is 46.4 Å². The molecule has 0 aliphatic carbocycles. The van der Waals surface area contributed by atoms with Crippen molar-refractivity contribution in [1.29, 1.82) is 5.26 Å². The zero-order valence-electron chi connectivity index (χ0n) is 6.46. The minimum absolute atomic E-state index is 0.121. The molecule has 68 valence electrons. The van der Waals surface area contributed by atoms with Gasteiger partial charge in [0.1, 0.15) is 6.07 Å². The molecule has 0 spiro atoms. The number of benzene rings is 1. The van der Waals surface area contributed by atoms with Gasteiger partial charge in [0.05, 0.1) is 25.7 Å². The van der Waals surface area contributed by atoms with E-state index in [9.17, 15) is 0 Å². The summed E-state index contributed by atoms with van der Waals surface area (Å²) in [6.45, 7) is 1.66. The van der Waals surface area contributed by atoms with Crippen LogP contribution in [0.15, 0.2) is 0 Å². The maximum Gasteiger partial charge on any atom is 0.101 e. The van der Waals surface area contributed by atoms with E-state index in [1.807, 2.05) is 6.07 Å². The second-order valence-electron chi connectivity index (χ2n) is 2.37. The van der Waals surface area contributed by atoms with Gasteiger partial charge in [-0.05, 0) is 12.5 Å². The minimum atomic E-state index is 0.121. The molecule has 0 atom stereocenters. The lowest BCUT2D eigenvalue weighted by molar-refractivity contribution is 1.39. The molecule has 0 heterocycles. The van der Waals surface area contributed by atoms with Crippen LogP contribution in [-0.2, 0) is 0 Å². The largest absolute Gasteiger partial charge is 0.192 e. The molecular formula is C8H3Cl4N. The summed E-state index contributed by atoms with van der Waals surface area (Å²) in [5, 5.41) is 9.47. The van der Waals surface area contributed by atoms with Crippen LogP contribution in [0.25, 0.3) is 0 Å². The maximum atomic E-state index is 8.74. The van der Waals surface area contributed by atoms with Crippen LogP contribution in [0.4, 0.5) is 0 Å². The lowest BCUT2D eigenvalue weighted by Gasteiger charge is -2.07. The highest BCUT2D eigenvalue weighted by atomic mass is 35.5. The maximum absolute atomic E-state index is 8.74. The monoisotopic (exact) mass is 253 g/mol. The Bertz CT molecular complexity index is 377. The Balaban J connectivity index is 3.69. The third kappa shape index (κ3) is 1.73. The van der Waals surface area contributed by atoms with Gasteiger partial charge < -0.3 is 0 Å². The van der Waals surface area contributed by atoms with Crippen LogP contribution >= 0.6 is 46.4 Å². The minimum Gasteiger partial charge on any atom is -0.192 e. The van der Waals surface area contributed by atoms with Crippen molar-refractivity contribution in [2.24, 2.45) is 0 Å². The van der Waals surface area contributed by atoms with Crippen molar-refractivity contribution in [3.8, 4) is 6.07 Å². The average molecular weight is 255 g/mol. The molecule has 0 amide bonds. The van der Waals surface area contributed by atoms with E-state index in [4.69, 9.17) is 51.7 Å². The van der Waals surface area contributed by atoms with Gasteiger partial charge in [0.2, 0.25) is 0 Å². The van der Waals surface area contributed by atoms with Crippen molar-refractivity contribution in [1.82, 2.24) is 0 Å². The Kier molecular flexibility index (Phi) is 3.32. The highest BCUT2D eigenvalue weighted by molar-refractivity contribution is 6.52. The van der Waals surface area contributed by atoms with E-state index in [0.717, 1.165) is 0 Å². The first-order valence-electron chi connectivity index (χ1n) is 3.23. The summed E-state index contributed by atoms with van der Waals surface area (Å²) in [5.74, 6) is 0. The first-order valence-corrected chi connectivity index (χ1v) is 4.74. The Hall–Kier alpha value is -0.130. The van der Waals surface area contributed by atoms with Crippen molar-refractivity contribution in [2.75, 3.05) is 0 Å². The third-order valence-corrected chi connectivity index (χ3v) is 3.51. The fourth-order valence-electron chi connectivity index (χ4n) is 0.874. The summed E-state index contributed by atoms with van der Waals surface area (Å²) in [4.78, 5) is 0. The predicted molar refractivity (Wildman–Crippen MR) is 55.9 cm³/mol. The molecule has 1 nitrogen and oxygen atoms in total. The van der Waals surface area contributed by atoms with E-state index in [-0.39, 0.29) is 25.7 Å². The molecule has 0 aromatic heterocycles. The lowest BCUT2D eigenvalue weighted by atomic mass is 10.1. The van der Waals surface area contributed by atoms with Crippen LogP contribution in [0.5, 0.6) is 0 Å². The molecule has 0 aliphatic rings. The van der Waals surface area contributed by atoms with Gasteiger partial charge in [-0.2, -0.15) is 5.26 Å². The second-order valence-corrected chi connectivity index (χ2v) is 3.88. The molecule has 0 bridgehead atoms. The van der Waals surface area contributed by atoms with E-state index in [1.54, 1.807) is 6.92 Å². The number of hydrogen-bond donors (Lipinski definition) is 0. The van der Waals surface area contributed by atoms with Crippen LogP contribution < -0.4 is 0 Å². The van der Waals surface area contributed by atoms with E-state index in [1.165, 1.54) is 0 Å². The molecule has 0 saturated heterocycles. The van der Waals surface area contributed by atoms with Gasteiger partial charge in [0.15, 0.2) is 0 Å². The van der Waals surface area contributed by atoms with E-state index in [0.29, 0.717) is 5.56 Å². The van der Waals surface area contributed by atoms with Crippen LogP contribution in [-0.4, -0.2) is 0 Å². The highest BCUT2D eigenvalue weighted by Crippen LogP contribution is 2.40. The summed E-state index contributed by atoms with van der Waals surface area (Å²) in [5.41, 5.74) is 0.810. The van der Waals surface area contributed by atoms with E-state index >= 15 is 0 Å². The Morgan fingerprint density at radius 2 is 1.38 bits per heavy atom. The lowest BCUT2D eigenvalue weighted by Crippen LogP contribution is -1.88. The molecular weight excluding hydrogens is 252 g/mol. The van der Waals surface area contributed by atoms with Crippen molar-refractivity contribution in [3.63, 3.8) is 0 Å². The number of nitrogens with zero attached hydrogens (tertiary/aromatic N) is 1. The fourth-order valence-corrected chi connectivity index (χ4v) is 1.86. The van der Waals surface area contributed by atoms with Gasteiger partial charge in [0.25, 0.3) is 0 Å². The molecule has 0 aliphatic heterocycles. The van der Waals surface area contributed by atoms with Crippen LogP contribution in [0.1, 0.15) is 11.1 Å². The zero-order valence-corrected chi connectivity index (χ0v) is 9.48. The number of hydrogen-bond acceptors (Lipinski definition) is 1. The van der Waals surface area contributed by atoms with Gasteiger partial charge in [-0.25, -0.2) is 0 Å². The Labute approximate surface area is 95.8 Å². The molecule has 1 aromatic carbocycles.